The first-order valence-corrected chi connectivity index (χ1v) is 10.9. The van der Waals surface area contributed by atoms with Gasteiger partial charge in [0.05, 0.1) is 17.8 Å². The number of nitrogens with one attached hydrogen (secondary N) is 2. The highest BCUT2D eigenvalue weighted by molar-refractivity contribution is 6.03. The first kappa shape index (κ1) is 21.0. The van der Waals surface area contributed by atoms with Crippen LogP contribution in [0.25, 0.3) is 22.8 Å². The molecule has 2 atom stereocenters. The molecule has 1 aliphatic heterocycles. The zero-order valence-electron chi connectivity index (χ0n) is 18.4. The Kier molecular flexibility index (Phi) is 4.83. The monoisotopic (exact) mass is 475 g/mol. The Hall–Kier alpha value is -4.54. The van der Waals surface area contributed by atoms with Gasteiger partial charge in [-0.15, -0.1) is 0 Å². The van der Waals surface area contributed by atoms with Gasteiger partial charge in [-0.1, -0.05) is 17.3 Å². The van der Waals surface area contributed by atoms with E-state index < -0.39 is 12.1 Å². The van der Waals surface area contributed by atoms with E-state index in [2.05, 4.69) is 25.8 Å². The highest BCUT2D eigenvalue weighted by Gasteiger charge is 2.43. The molecule has 35 heavy (non-hydrogen) atoms. The molecule has 3 heterocycles. The number of anilines is 2. The van der Waals surface area contributed by atoms with Crippen LogP contribution in [-0.4, -0.2) is 39.7 Å². The highest BCUT2D eigenvalue weighted by atomic mass is 19.1. The molecule has 176 valence electrons. The fraction of sp³-hybridized carbons (Fsp3) is 0.208. The van der Waals surface area contributed by atoms with Gasteiger partial charge in [-0.3, -0.25) is 9.59 Å². The Morgan fingerprint density at radius 1 is 1.20 bits per heavy atom. The largest absolute Gasteiger partial charge is 0.482 e. The number of ether oxygens (including phenoxy) is 1. The number of benzene rings is 2. The lowest BCUT2D eigenvalue weighted by Crippen LogP contribution is -2.25. The highest BCUT2D eigenvalue weighted by Crippen LogP contribution is 2.43. The lowest BCUT2D eigenvalue weighted by molar-refractivity contribution is -0.118. The van der Waals surface area contributed by atoms with Crippen LogP contribution in [0.1, 0.15) is 34.3 Å². The SMILES string of the molecule is Cc1ccc(-c2noc([C@H]3C[C@@H]3F)n2)cc1NC(=O)c1cnc(-c2ccc3c(c2)NC(=O)CO3)o1. The van der Waals surface area contributed by atoms with E-state index in [1.54, 1.807) is 30.3 Å². The number of halogens is 1. The summed E-state index contributed by atoms with van der Waals surface area (Å²) in [6, 6.07) is 10.4. The van der Waals surface area contributed by atoms with Crippen molar-refractivity contribution in [2.75, 3.05) is 17.2 Å². The van der Waals surface area contributed by atoms with Crippen molar-refractivity contribution in [3.8, 4) is 28.6 Å². The lowest BCUT2D eigenvalue weighted by atomic mass is 10.1. The molecule has 0 spiro atoms. The van der Waals surface area contributed by atoms with Crippen molar-refractivity contribution in [1.82, 2.24) is 15.1 Å². The number of oxazole rings is 1. The molecule has 1 saturated carbocycles. The Bertz CT molecular complexity index is 1480. The summed E-state index contributed by atoms with van der Waals surface area (Å²) < 4.78 is 29.5. The van der Waals surface area contributed by atoms with Crippen LogP contribution in [0.2, 0.25) is 0 Å². The van der Waals surface area contributed by atoms with Crippen molar-refractivity contribution in [2.45, 2.75) is 25.4 Å². The fourth-order valence-corrected chi connectivity index (χ4v) is 3.73. The number of carbonyl (C=O) groups excluding carboxylic acids is 2. The lowest BCUT2D eigenvalue weighted by Gasteiger charge is -2.17. The van der Waals surface area contributed by atoms with Crippen molar-refractivity contribution in [1.29, 1.82) is 0 Å². The van der Waals surface area contributed by atoms with E-state index in [-0.39, 0.29) is 36.0 Å². The zero-order valence-corrected chi connectivity index (χ0v) is 18.4. The Morgan fingerprint density at radius 3 is 2.86 bits per heavy atom. The molecule has 2 aromatic heterocycles. The number of aromatic nitrogens is 3. The van der Waals surface area contributed by atoms with E-state index in [1.807, 2.05) is 13.0 Å². The molecule has 11 heteroatoms. The third-order valence-corrected chi connectivity index (χ3v) is 5.80. The molecule has 1 fully saturated rings. The maximum absolute atomic E-state index is 13.3. The topological polar surface area (TPSA) is 132 Å². The fourth-order valence-electron chi connectivity index (χ4n) is 3.73. The molecule has 0 saturated heterocycles. The molecule has 2 N–H and O–H groups in total. The second-order valence-corrected chi connectivity index (χ2v) is 8.38. The maximum atomic E-state index is 13.3. The van der Waals surface area contributed by atoms with Crippen molar-refractivity contribution in [3.63, 3.8) is 0 Å². The number of hydrogen-bond donors (Lipinski definition) is 2. The Morgan fingerprint density at radius 2 is 2.03 bits per heavy atom. The van der Waals surface area contributed by atoms with Crippen LogP contribution in [0.5, 0.6) is 5.75 Å². The van der Waals surface area contributed by atoms with Crippen LogP contribution in [0, 0.1) is 6.92 Å². The summed E-state index contributed by atoms with van der Waals surface area (Å²) in [5.41, 5.74) is 3.03. The van der Waals surface area contributed by atoms with Gasteiger partial charge < -0.3 is 24.3 Å². The van der Waals surface area contributed by atoms with Crippen LogP contribution < -0.4 is 15.4 Å². The number of aryl methyl sites for hydroxylation is 1. The van der Waals surface area contributed by atoms with Gasteiger partial charge in [0, 0.05) is 16.8 Å². The van der Waals surface area contributed by atoms with Gasteiger partial charge in [0.2, 0.25) is 23.4 Å². The second kappa shape index (κ2) is 8.05. The van der Waals surface area contributed by atoms with Gasteiger partial charge in [-0.05, 0) is 43.2 Å². The normalized spacial score (nSPS) is 18.4. The maximum Gasteiger partial charge on any atom is 0.293 e. The summed E-state index contributed by atoms with van der Waals surface area (Å²) in [4.78, 5) is 32.9. The average molecular weight is 475 g/mol. The van der Waals surface area contributed by atoms with Gasteiger partial charge >= 0.3 is 0 Å². The minimum absolute atomic E-state index is 0.00683. The Balaban J connectivity index is 1.20. The smallest absolute Gasteiger partial charge is 0.293 e. The summed E-state index contributed by atoms with van der Waals surface area (Å²) >= 11 is 0. The number of nitrogens with zero attached hydrogens (tertiary/aromatic N) is 3. The molecule has 0 radical (unpaired) electrons. The Labute approximate surface area is 197 Å². The molecule has 4 aromatic rings. The summed E-state index contributed by atoms with van der Waals surface area (Å²) in [5.74, 6) is 0.285. The van der Waals surface area contributed by atoms with E-state index in [9.17, 15) is 14.0 Å². The molecule has 2 aliphatic rings. The number of amides is 2. The van der Waals surface area contributed by atoms with Gasteiger partial charge in [0.15, 0.2) is 6.61 Å². The standard InChI is InChI=1S/C24H18FN5O5/c1-11-2-3-12(21-29-24(35-30-21)14-8-15(14)25)6-16(11)28-22(32)19-9-26-23(34-19)13-4-5-18-17(7-13)27-20(31)10-33-18/h2-7,9,14-15H,8,10H2,1H3,(H,27,31)(H,28,32)/t14-,15-/m0/s1. The number of fused-ring (bicyclic) bond motifs is 1. The summed E-state index contributed by atoms with van der Waals surface area (Å²) in [5, 5.41) is 9.47. The number of rotatable bonds is 5. The molecular weight excluding hydrogens is 457 g/mol. The number of hydrogen-bond acceptors (Lipinski definition) is 8. The van der Waals surface area contributed by atoms with Crippen LogP contribution in [0.3, 0.4) is 0 Å². The van der Waals surface area contributed by atoms with E-state index in [0.29, 0.717) is 40.5 Å². The van der Waals surface area contributed by atoms with Crippen molar-refractivity contribution < 1.29 is 27.7 Å². The second-order valence-electron chi connectivity index (χ2n) is 8.38. The van der Waals surface area contributed by atoms with Crippen molar-refractivity contribution >= 4 is 23.2 Å². The quantitative estimate of drug-likeness (QED) is 0.441. The molecule has 1 aliphatic carbocycles. The van der Waals surface area contributed by atoms with Gasteiger partial charge in [-0.2, -0.15) is 4.98 Å². The zero-order chi connectivity index (χ0) is 24.1. The van der Waals surface area contributed by atoms with Gasteiger partial charge in [0.25, 0.3) is 11.8 Å². The van der Waals surface area contributed by atoms with Crippen molar-refractivity contribution in [3.05, 3.63) is 59.8 Å². The summed E-state index contributed by atoms with van der Waals surface area (Å²) in [6.07, 6.45) is 0.785. The van der Waals surface area contributed by atoms with E-state index in [0.717, 1.165) is 5.56 Å². The predicted octanol–water partition coefficient (Wildman–Crippen LogP) is 4.11. The third-order valence-electron chi connectivity index (χ3n) is 5.80. The first-order chi connectivity index (χ1) is 16.9. The molecule has 0 bridgehead atoms. The van der Waals surface area contributed by atoms with Crippen LogP contribution in [-0.2, 0) is 4.79 Å². The molecule has 6 rings (SSSR count). The van der Waals surface area contributed by atoms with Crippen LogP contribution >= 0.6 is 0 Å². The van der Waals surface area contributed by atoms with E-state index in [1.165, 1.54) is 6.20 Å². The van der Waals surface area contributed by atoms with Gasteiger partial charge in [-0.25, -0.2) is 9.37 Å². The minimum Gasteiger partial charge on any atom is -0.482 e. The van der Waals surface area contributed by atoms with Crippen LogP contribution in [0.15, 0.2) is 51.5 Å². The molecular formula is C24H18FN5O5. The average Bonchev–Trinajstić information content (AvgIpc) is 3.24. The van der Waals surface area contributed by atoms with Crippen LogP contribution in [0.4, 0.5) is 15.8 Å². The minimum atomic E-state index is -0.934. The molecule has 10 nitrogen and oxygen atoms in total. The van der Waals surface area contributed by atoms with E-state index in [4.69, 9.17) is 13.7 Å². The third kappa shape index (κ3) is 4.01. The summed E-state index contributed by atoms with van der Waals surface area (Å²) in [7, 11) is 0. The first-order valence-electron chi connectivity index (χ1n) is 10.9. The molecule has 0 unspecified atom stereocenters. The number of carbonyl (C=O) groups is 2. The molecule has 2 amide bonds. The predicted molar refractivity (Wildman–Crippen MR) is 121 cm³/mol. The summed E-state index contributed by atoms with van der Waals surface area (Å²) in [6.45, 7) is 1.80. The van der Waals surface area contributed by atoms with E-state index >= 15 is 0 Å². The van der Waals surface area contributed by atoms with Gasteiger partial charge in [0.1, 0.15) is 11.9 Å². The molecule has 2 aromatic carbocycles. The number of alkyl halides is 1. The van der Waals surface area contributed by atoms with Crippen molar-refractivity contribution in [2.24, 2.45) is 0 Å².